The van der Waals surface area contributed by atoms with Crippen molar-refractivity contribution < 1.29 is 18.0 Å². The first-order valence-corrected chi connectivity index (χ1v) is 8.20. The molecule has 3 rings (SSSR count). The van der Waals surface area contributed by atoms with Crippen LogP contribution in [-0.2, 0) is 6.18 Å². The third-order valence-corrected chi connectivity index (χ3v) is 4.89. The van der Waals surface area contributed by atoms with E-state index < -0.39 is 29.0 Å². The molecule has 2 aromatic heterocycles. The Morgan fingerprint density at radius 3 is 2.69 bits per heavy atom. The van der Waals surface area contributed by atoms with Crippen LogP contribution in [0.2, 0.25) is 5.02 Å². The number of alkyl halides is 3. The van der Waals surface area contributed by atoms with E-state index in [9.17, 15) is 28.0 Å². The molecule has 0 spiro atoms. The van der Waals surface area contributed by atoms with E-state index in [4.69, 9.17) is 11.6 Å². The van der Waals surface area contributed by atoms with E-state index in [1.165, 1.54) is 6.07 Å². The first-order valence-electron chi connectivity index (χ1n) is 7.00. The summed E-state index contributed by atoms with van der Waals surface area (Å²) in [6.07, 6.45) is -3.40. The van der Waals surface area contributed by atoms with Crippen LogP contribution in [0, 0.1) is 11.3 Å². The number of nitriles is 1. The van der Waals surface area contributed by atoms with Crippen LogP contribution in [0.4, 0.5) is 13.2 Å². The third kappa shape index (κ3) is 3.34. The molecule has 0 bridgehead atoms. The van der Waals surface area contributed by atoms with Gasteiger partial charge in [-0.05, 0) is 24.3 Å². The largest absolute Gasteiger partial charge is 0.416 e. The first kappa shape index (κ1) is 18.1. The summed E-state index contributed by atoms with van der Waals surface area (Å²) < 4.78 is 38.8. The zero-order chi connectivity index (χ0) is 19.1. The highest BCUT2D eigenvalue weighted by molar-refractivity contribution is 7.18. The number of nitrogens with zero attached hydrogens (tertiary/aromatic N) is 2. The van der Waals surface area contributed by atoms with Crippen LogP contribution in [-0.4, -0.2) is 15.8 Å². The Morgan fingerprint density at radius 2 is 2.08 bits per heavy atom. The summed E-state index contributed by atoms with van der Waals surface area (Å²) in [6, 6.07) is 5.95. The summed E-state index contributed by atoms with van der Waals surface area (Å²) in [6.45, 7) is 0. The van der Waals surface area contributed by atoms with Crippen molar-refractivity contribution in [1.82, 2.24) is 9.97 Å². The Morgan fingerprint density at radius 1 is 1.35 bits per heavy atom. The summed E-state index contributed by atoms with van der Waals surface area (Å²) in [7, 11) is 0. The van der Waals surface area contributed by atoms with Gasteiger partial charge < -0.3 is 4.98 Å². The molecule has 0 radical (unpaired) electrons. The standard InChI is InChI=1S/C16H7ClF3N3O2S/c17-10-3-7(6-22-14(10)25)13(24)9(5-21)15-23-11-4-8(16(18,19)20)1-2-12(11)26-15/h1-4,6,9H,(H,22,25)/t9-/m1/s1. The fourth-order valence-corrected chi connectivity index (χ4v) is 3.40. The first-order chi connectivity index (χ1) is 12.2. The molecule has 132 valence electrons. The van der Waals surface area contributed by atoms with Crippen LogP contribution in [0.25, 0.3) is 10.2 Å². The van der Waals surface area contributed by atoms with Gasteiger partial charge in [-0.2, -0.15) is 18.4 Å². The SMILES string of the molecule is N#C[C@H](C(=O)c1c[nH]c(=O)c(Cl)c1)c1nc2cc(C(F)(F)F)ccc2s1. The molecule has 0 aliphatic rings. The van der Waals surface area contributed by atoms with Crippen molar-refractivity contribution in [2.45, 2.75) is 12.1 Å². The van der Waals surface area contributed by atoms with E-state index in [2.05, 4.69) is 9.97 Å². The van der Waals surface area contributed by atoms with E-state index in [0.717, 1.165) is 35.7 Å². The minimum absolute atomic E-state index is 0.00335. The van der Waals surface area contributed by atoms with E-state index in [-0.39, 0.29) is 21.1 Å². The Bertz CT molecular complexity index is 1110. The van der Waals surface area contributed by atoms with E-state index in [1.54, 1.807) is 6.07 Å². The molecule has 0 aliphatic heterocycles. The number of thiazole rings is 1. The normalized spacial score (nSPS) is 12.7. The van der Waals surface area contributed by atoms with Crippen LogP contribution in [0.1, 0.15) is 26.8 Å². The van der Waals surface area contributed by atoms with Crippen molar-refractivity contribution in [3.63, 3.8) is 0 Å². The lowest BCUT2D eigenvalue weighted by molar-refractivity contribution is -0.137. The van der Waals surface area contributed by atoms with Gasteiger partial charge in [0.15, 0.2) is 11.7 Å². The van der Waals surface area contributed by atoms with Crippen LogP contribution >= 0.6 is 22.9 Å². The summed E-state index contributed by atoms with van der Waals surface area (Å²) in [5, 5.41) is 9.20. The molecule has 26 heavy (non-hydrogen) atoms. The van der Waals surface area contributed by atoms with Gasteiger partial charge in [0.05, 0.1) is 21.8 Å². The summed E-state index contributed by atoms with van der Waals surface area (Å²) in [5.41, 5.74) is -1.41. The number of hydrogen-bond donors (Lipinski definition) is 1. The maximum absolute atomic E-state index is 12.8. The van der Waals surface area contributed by atoms with E-state index >= 15 is 0 Å². The van der Waals surface area contributed by atoms with E-state index in [1.807, 2.05) is 0 Å². The summed E-state index contributed by atoms with van der Waals surface area (Å²) in [5.74, 6) is -2.00. The third-order valence-electron chi connectivity index (χ3n) is 3.51. The molecule has 5 nitrogen and oxygen atoms in total. The predicted molar refractivity (Wildman–Crippen MR) is 89.4 cm³/mol. The van der Waals surface area contributed by atoms with Crippen LogP contribution in [0.3, 0.4) is 0 Å². The molecule has 0 aliphatic carbocycles. The lowest BCUT2D eigenvalue weighted by atomic mass is 10.0. The second-order valence-electron chi connectivity index (χ2n) is 5.22. The molecule has 2 heterocycles. The van der Waals surface area contributed by atoms with Gasteiger partial charge in [-0.15, -0.1) is 11.3 Å². The zero-order valence-corrected chi connectivity index (χ0v) is 14.2. The molecular formula is C16H7ClF3N3O2S. The monoisotopic (exact) mass is 397 g/mol. The van der Waals surface area contributed by atoms with E-state index in [0.29, 0.717) is 4.70 Å². The quantitative estimate of drug-likeness (QED) is 0.673. The Hall–Kier alpha value is -2.70. The Balaban J connectivity index is 2.02. The van der Waals surface area contributed by atoms with Crippen molar-refractivity contribution in [3.8, 4) is 6.07 Å². The Kier molecular flexibility index (Phi) is 4.56. The number of carbonyl (C=O) groups excluding carboxylic acids is 1. The number of halogens is 4. The number of pyridine rings is 1. The fourth-order valence-electron chi connectivity index (χ4n) is 2.24. The molecule has 1 atom stereocenters. The van der Waals surface area contributed by atoms with Crippen molar-refractivity contribution >= 4 is 38.9 Å². The smallest absolute Gasteiger partial charge is 0.327 e. The van der Waals surface area contributed by atoms with Crippen molar-refractivity contribution in [2.24, 2.45) is 0 Å². The fraction of sp³-hybridized carbons (Fsp3) is 0.125. The molecule has 1 aromatic carbocycles. The molecule has 1 N–H and O–H groups in total. The number of aromatic amines is 1. The van der Waals surface area contributed by atoms with Gasteiger partial charge in [0.25, 0.3) is 5.56 Å². The van der Waals surface area contributed by atoms with Gasteiger partial charge in [-0.3, -0.25) is 9.59 Å². The molecule has 3 aromatic rings. The molecule has 0 saturated carbocycles. The number of Topliss-reactive ketones (excluding diaryl/α,β-unsaturated/α-hetero) is 1. The molecule has 0 unspecified atom stereocenters. The molecular weight excluding hydrogens is 391 g/mol. The Labute approximate surface area is 152 Å². The highest BCUT2D eigenvalue weighted by atomic mass is 35.5. The summed E-state index contributed by atoms with van der Waals surface area (Å²) >= 11 is 6.63. The number of hydrogen-bond acceptors (Lipinski definition) is 5. The molecule has 10 heteroatoms. The lowest BCUT2D eigenvalue weighted by Crippen LogP contribution is -2.14. The van der Waals surface area contributed by atoms with Crippen molar-refractivity contribution in [1.29, 1.82) is 5.26 Å². The van der Waals surface area contributed by atoms with Gasteiger partial charge >= 0.3 is 6.18 Å². The van der Waals surface area contributed by atoms with Crippen molar-refractivity contribution in [3.05, 3.63) is 62.0 Å². The van der Waals surface area contributed by atoms with Gasteiger partial charge in [-0.25, -0.2) is 4.98 Å². The number of ketones is 1. The van der Waals surface area contributed by atoms with Gasteiger partial charge in [0, 0.05) is 11.8 Å². The minimum atomic E-state index is -4.52. The highest BCUT2D eigenvalue weighted by Gasteiger charge is 2.31. The number of nitrogens with one attached hydrogen (secondary N) is 1. The average Bonchev–Trinajstić information content (AvgIpc) is 2.99. The van der Waals surface area contributed by atoms with Crippen LogP contribution in [0.15, 0.2) is 35.3 Å². The van der Waals surface area contributed by atoms with Crippen molar-refractivity contribution in [2.75, 3.05) is 0 Å². The van der Waals surface area contributed by atoms with Crippen LogP contribution < -0.4 is 5.56 Å². The minimum Gasteiger partial charge on any atom is -0.327 e. The maximum atomic E-state index is 12.8. The van der Waals surface area contributed by atoms with Gasteiger partial charge in [0.1, 0.15) is 10.0 Å². The summed E-state index contributed by atoms with van der Waals surface area (Å²) in [4.78, 5) is 30.1. The molecule has 0 fully saturated rings. The second-order valence-corrected chi connectivity index (χ2v) is 6.69. The molecule has 0 saturated heterocycles. The lowest BCUT2D eigenvalue weighted by Gasteiger charge is -2.05. The zero-order valence-electron chi connectivity index (χ0n) is 12.6. The number of aromatic nitrogens is 2. The van der Waals surface area contributed by atoms with Crippen LogP contribution in [0.5, 0.6) is 0 Å². The number of rotatable bonds is 3. The topological polar surface area (TPSA) is 86.6 Å². The molecule has 0 amide bonds. The number of carbonyl (C=O) groups is 1. The van der Waals surface area contributed by atoms with Gasteiger partial charge in [0.2, 0.25) is 0 Å². The second kappa shape index (κ2) is 6.55. The van der Waals surface area contributed by atoms with Gasteiger partial charge in [-0.1, -0.05) is 11.6 Å². The maximum Gasteiger partial charge on any atom is 0.416 e. The number of fused-ring (bicyclic) bond motifs is 1. The number of H-pyrrole nitrogens is 1. The average molecular weight is 398 g/mol. The predicted octanol–water partition coefficient (Wildman–Crippen LogP) is 4.15. The highest BCUT2D eigenvalue weighted by Crippen LogP contribution is 2.35. The number of benzene rings is 1.